The molecule has 23 nitrogen and oxygen atoms in total. The maximum atomic E-state index is 14.4. The lowest BCUT2D eigenvalue weighted by Crippen LogP contribution is -2.60. The molecule has 396 valence electrons. The van der Waals surface area contributed by atoms with E-state index in [1.165, 1.54) is 9.80 Å². The molecule has 3 aliphatic heterocycles. The fourth-order valence-electron chi connectivity index (χ4n) is 9.19. The molecule has 1 aromatic heterocycles. The van der Waals surface area contributed by atoms with Crippen LogP contribution in [-0.4, -0.2) is 191 Å². The first-order valence-electron chi connectivity index (χ1n) is 24.5. The van der Waals surface area contributed by atoms with Gasteiger partial charge in [-0.15, -0.1) is 0 Å². The van der Waals surface area contributed by atoms with Crippen molar-refractivity contribution in [1.82, 2.24) is 56.9 Å². The molecule has 2 aromatic rings. The minimum atomic E-state index is -1.65. The van der Waals surface area contributed by atoms with Crippen molar-refractivity contribution in [3.05, 3.63) is 36.0 Å². The van der Waals surface area contributed by atoms with Gasteiger partial charge in [-0.25, -0.2) is 0 Å². The number of aliphatic hydroxyl groups excluding tert-OH is 1. The lowest BCUT2D eigenvalue weighted by atomic mass is 10.0. The summed E-state index contributed by atoms with van der Waals surface area (Å²) in [5.41, 5.74) is 7.12. The first kappa shape index (κ1) is 57.0. The third kappa shape index (κ3) is 15.8. The minimum Gasteiger partial charge on any atom is -0.387 e. The van der Waals surface area contributed by atoms with Crippen molar-refractivity contribution in [2.24, 2.45) is 5.73 Å². The molecule has 4 heterocycles. The fourth-order valence-corrected chi connectivity index (χ4v) is 9.71. The number of aromatic nitrogens is 1. The molecular weight excluding hydrogens is 973 g/mol. The second-order valence-electron chi connectivity index (χ2n) is 18.6. The summed E-state index contributed by atoms with van der Waals surface area (Å²) in [7, 11) is 3.78. The molecule has 8 atom stereocenters. The van der Waals surface area contributed by atoms with Crippen LogP contribution in [0.25, 0.3) is 10.9 Å². The predicted octanol–water partition coefficient (Wildman–Crippen LogP) is -2.64. The number of aliphatic hydroxyl groups is 1. The smallest absolute Gasteiger partial charge is 0.248 e. The maximum Gasteiger partial charge on any atom is 0.248 e. The van der Waals surface area contributed by atoms with Crippen molar-refractivity contribution in [2.45, 2.75) is 125 Å². The Bertz CT molecular complexity index is 2280. The van der Waals surface area contributed by atoms with Gasteiger partial charge in [0.05, 0.1) is 6.42 Å². The summed E-state index contributed by atoms with van der Waals surface area (Å²) in [5, 5.41) is 29.2. The number of nitrogens with zero attached hydrogens (tertiary/aromatic N) is 3. The Balaban J connectivity index is 1.48. The number of likely N-dealkylation sites (tertiary alicyclic amines) is 2. The summed E-state index contributed by atoms with van der Waals surface area (Å²) in [5.74, 6) is -8.01. The van der Waals surface area contributed by atoms with Crippen molar-refractivity contribution in [1.29, 1.82) is 0 Å². The Morgan fingerprint density at radius 2 is 1.39 bits per heavy atom. The average Bonchev–Trinajstić information content (AvgIpc) is 4.15. The first-order chi connectivity index (χ1) is 34.4. The van der Waals surface area contributed by atoms with Crippen LogP contribution in [-0.2, 0) is 54.4 Å². The van der Waals surface area contributed by atoms with Crippen molar-refractivity contribution in [3.63, 3.8) is 0 Å². The molecule has 0 spiro atoms. The van der Waals surface area contributed by atoms with Gasteiger partial charge in [-0.1, -0.05) is 18.2 Å². The SMILES string of the molecule is CN(C)CCCC[C@@H]1NC(=O)[C@H](CS)NC(=O)C[C@@H](C(=O)N2CCC[C@H]2C(N)=O)NC(=O)[C@@H](NC(=O)C2CCCN2C(=O)CO)CCCCNC(=O)[C@H](CS)NC(=O)[C@H](Cc2c[nH]c3ccccc23)NC1=O. The van der Waals surface area contributed by atoms with Crippen molar-refractivity contribution >= 4 is 95.2 Å². The number of benzene rings is 1. The van der Waals surface area contributed by atoms with Crippen LogP contribution >= 0.6 is 25.3 Å². The normalized spacial score (nSPS) is 25.8. The van der Waals surface area contributed by atoms with E-state index in [9.17, 15) is 53.1 Å². The molecule has 0 aliphatic carbocycles. The van der Waals surface area contributed by atoms with Crippen LogP contribution in [0.5, 0.6) is 0 Å². The van der Waals surface area contributed by atoms with E-state index in [1.807, 2.05) is 43.3 Å². The number of nitrogens with one attached hydrogen (secondary N) is 8. The zero-order valence-electron chi connectivity index (χ0n) is 40.8. The summed E-state index contributed by atoms with van der Waals surface area (Å²) in [4.78, 5) is 145. The highest BCUT2D eigenvalue weighted by atomic mass is 32.1. The van der Waals surface area contributed by atoms with Crippen LogP contribution in [0.1, 0.15) is 76.2 Å². The molecule has 5 rings (SSSR count). The number of H-pyrrole nitrogens is 1. The van der Waals surface area contributed by atoms with Gasteiger partial charge in [0.15, 0.2) is 0 Å². The Morgan fingerprint density at radius 1 is 0.750 bits per heavy atom. The molecule has 0 bridgehead atoms. The summed E-state index contributed by atoms with van der Waals surface area (Å²) >= 11 is 8.68. The van der Waals surface area contributed by atoms with Gasteiger partial charge in [-0.2, -0.15) is 25.3 Å². The van der Waals surface area contributed by atoms with Gasteiger partial charge in [-0.3, -0.25) is 47.9 Å². The molecule has 3 aliphatic rings. The third-order valence-electron chi connectivity index (χ3n) is 13.1. The van der Waals surface area contributed by atoms with Crippen LogP contribution in [0.4, 0.5) is 0 Å². The molecule has 10 amide bonds. The molecule has 3 fully saturated rings. The van der Waals surface area contributed by atoms with Gasteiger partial charge in [0.25, 0.3) is 0 Å². The van der Waals surface area contributed by atoms with E-state index in [4.69, 9.17) is 5.73 Å². The number of hydrogen-bond donors (Lipinski definition) is 12. The van der Waals surface area contributed by atoms with Crippen molar-refractivity contribution in [3.8, 4) is 0 Å². The van der Waals surface area contributed by atoms with Gasteiger partial charge in [0, 0.05) is 54.7 Å². The van der Waals surface area contributed by atoms with Crippen LogP contribution < -0.4 is 43.0 Å². The van der Waals surface area contributed by atoms with E-state index in [0.29, 0.717) is 37.8 Å². The number of unbranched alkanes of at least 4 members (excludes halogenated alkanes) is 1. The number of para-hydroxylation sites is 1. The topological polar surface area (TPSA) is 327 Å². The number of amides is 10. The predicted molar refractivity (Wildman–Crippen MR) is 271 cm³/mol. The Kier molecular flexibility index (Phi) is 22.0. The van der Waals surface area contributed by atoms with Gasteiger partial charge in [0.1, 0.15) is 54.9 Å². The molecule has 1 unspecified atom stereocenters. The fraction of sp³-hybridized carbons (Fsp3) is 0.617. The van der Waals surface area contributed by atoms with Gasteiger partial charge < -0.3 is 67.7 Å². The van der Waals surface area contributed by atoms with Crippen LogP contribution in [0.3, 0.4) is 0 Å². The summed E-state index contributed by atoms with van der Waals surface area (Å²) in [6.07, 6.45) is 3.90. The molecular formula is C47H70N12O11S2. The van der Waals surface area contributed by atoms with E-state index in [2.05, 4.69) is 67.5 Å². The van der Waals surface area contributed by atoms with Crippen molar-refractivity contribution in [2.75, 3.05) is 58.4 Å². The van der Waals surface area contributed by atoms with E-state index >= 15 is 0 Å². The second-order valence-corrected chi connectivity index (χ2v) is 19.4. The Morgan fingerprint density at radius 3 is 2.08 bits per heavy atom. The molecule has 3 saturated heterocycles. The first-order valence-corrected chi connectivity index (χ1v) is 25.7. The minimum absolute atomic E-state index is 0.0163. The van der Waals surface area contributed by atoms with Gasteiger partial charge in [-0.05, 0) is 96.5 Å². The lowest BCUT2D eigenvalue weighted by molar-refractivity contribution is -0.143. The number of nitrogens with two attached hydrogens (primary N) is 1. The summed E-state index contributed by atoms with van der Waals surface area (Å²) in [6.45, 7) is 0.164. The van der Waals surface area contributed by atoms with Gasteiger partial charge in [0.2, 0.25) is 59.1 Å². The van der Waals surface area contributed by atoms with E-state index in [0.717, 1.165) is 10.9 Å². The molecule has 11 N–H and O–H groups in total. The molecule has 72 heavy (non-hydrogen) atoms. The van der Waals surface area contributed by atoms with Crippen LogP contribution in [0, 0.1) is 0 Å². The molecule has 25 heteroatoms. The summed E-state index contributed by atoms with van der Waals surface area (Å²) < 4.78 is 0. The second kappa shape index (κ2) is 27.8. The standard InChI is InChI=1S/C47H70N12O11S2/c1-57(2)18-8-6-14-30-42(65)54-32(21-27-23-50-29-12-4-3-11-28(27)29)44(67)56-34(25-71)41(64)49-17-7-5-13-31(53-46(69)37-16-10-19-58(37)39(62)24-60)43(66)55-33(22-38(61)51-35(26-72)45(68)52-30)47(70)59-20-9-15-36(59)40(48)63/h3-4,11-12,23,30-37,50,60,71-72H,5-10,13-22,24-26H2,1-2H3,(H2,48,63)(H,49,64)(H,51,61)(H,52,68)(H,53,69)(H,54,65)(H,55,66)(H,56,67)/t30-,31-,32-,33-,34-,35-,36-,37?/m0/s1. The zero-order valence-corrected chi connectivity index (χ0v) is 42.6. The number of thiol groups is 2. The third-order valence-corrected chi connectivity index (χ3v) is 13.8. The van der Waals surface area contributed by atoms with Gasteiger partial charge >= 0.3 is 0 Å². The number of fused-ring (bicyclic) bond motifs is 1. The van der Waals surface area contributed by atoms with E-state index in [1.54, 1.807) is 6.20 Å². The van der Waals surface area contributed by atoms with E-state index in [-0.39, 0.29) is 76.1 Å². The largest absolute Gasteiger partial charge is 0.387 e. The molecule has 1 aromatic carbocycles. The van der Waals surface area contributed by atoms with Crippen molar-refractivity contribution < 1.29 is 53.1 Å². The summed E-state index contributed by atoms with van der Waals surface area (Å²) in [6, 6.07) is -2.71. The maximum absolute atomic E-state index is 14.4. The quantitative estimate of drug-likeness (QED) is 0.0683. The molecule has 0 saturated carbocycles. The van der Waals surface area contributed by atoms with Crippen LogP contribution in [0.15, 0.2) is 30.5 Å². The highest BCUT2D eigenvalue weighted by Gasteiger charge is 2.41. The lowest BCUT2D eigenvalue weighted by Gasteiger charge is -2.30. The Labute approximate surface area is 429 Å². The zero-order chi connectivity index (χ0) is 52.5. The number of carbonyl (C=O) groups is 10. The molecule has 0 radical (unpaired) electrons. The number of carbonyl (C=O) groups excluding carboxylic acids is 10. The monoisotopic (exact) mass is 1040 g/mol. The van der Waals surface area contributed by atoms with E-state index < -0.39 is 120 Å². The average molecular weight is 1040 g/mol. The number of hydrogen-bond acceptors (Lipinski definition) is 14. The number of rotatable bonds is 14. The number of aromatic amines is 1. The highest BCUT2D eigenvalue weighted by Crippen LogP contribution is 2.22. The van der Waals surface area contributed by atoms with Crippen LogP contribution in [0.2, 0.25) is 0 Å². The Hall–Kier alpha value is -5.92. The number of primary amides is 1. The highest BCUT2D eigenvalue weighted by molar-refractivity contribution is 7.80.